The SMILES string of the molecule is C=CCCCC=CCC=CCCCCC. The zero-order valence-corrected chi connectivity index (χ0v) is 10.3. The highest BCUT2D eigenvalue weighted by atomic mass is 13.9. The third-order valence-corrected chi connectivity index (χ3v) is 2.36. The van der Waals surface area contributed by atoms with E-state index in [1.54, 1.807) is 0 Å². The van der Waals surface area contributed by atoms with Crippen LogP contribution in [0.5, 0.6) is 0 Å². The van der Waals surface area contributed by atoms with Gasteiger partial charge >= 0.3 is 0 Å². The summed E-state index contributed by atoms with van der Waals surface area (Å²) in [5.41, 5.74) is 0. The second-order valence-electron chi connectivity index (χ2n) is 3.89. The van der Waals surface area contributed by atoms with Crippen molar-refractivity contribution < 1.29 is 0 Å². The average Bonchev–Trinajstić information content (AvgIpc) is 2.26. The zero-order valence-electron chi connectivity index (χ0n) is 10.3. The van der Waals surface area contributed by atoms with Crippen LogP contribution in [0.3, 0.4) is 0 Å². The molecule has 0 aliphatic rings. The van der Waals surface area contributed by atoms with E-state index in [-0.39, 0.29) is 0 Å². The van der Waals surface area contributed by atoms with Crippen molar-refractivity contribution in [2.45, 2.75) is 58.3 Å². The molecule has 86 valence electrons. The van der Waals surface area contributed by atoms with Gasteiger partial charge in [0.25, 0.3) is 0 Å². The van der Waals surface area contributed by atoms with E-state index in [9.17, 15) is 0 Å². The summed E-state index contributed by atoms with van der Waals surface area (Å²) in [4.78, 5) is 0. The number of hydrogen-bond acceptors (Lipinski definition) is 0. The van der Waals surface area contributed by atoms with E-state index < -0.39 is 0 Å². The molecule has 0 aromatic rings. The van der Waals surface area contributed by atoms with Crippen LogP contribution in [-0.4, -0.2) is 0 Å². The maximum absolute atomic E-state index is 3.71. The summed E-state index contributed by atoms with van der Waals surface area (Å²) in [5.74, 6) is 0. The smallest absolute Gasteiger partial charge is 0.0169 e. The quantitative estimate of drug-likeness (QED) is 0.330. The van der Waals surface area contributed by atoms with Crippen molar-refractivity contribution in [3.63, 3.8) is 0 Å². The summed E-state index contributed by atoms with van der Waals surface area (Å²) < 4.78 is 0. The molecule has 0 N–H and O–H groups in total. The Morgan fingerprint density at radius 1 is 0.800 bits per heavy atom. The van der Waals surface area contributed by atoms with Crippen molar-refractivity contribution in [3.8, 4) is 0 Å². The molecule has 0 amide bonds. The monoisotopic (exact) mass is 206 g/mol. The van der Waals surface area contributed by atoms with Gasteiger partial charge in [-0.1, -0.05) is 50.1 Å². The van der Waals surface area contributed by atoms with Crippen LogP contribution in [0.15, 0.2) is 37.0 Å². The fraction of sp³-hybridized carbons (Fsp3) is 0.600. The van der Waals surface area contributed by atoms with Crippen LogP contribution in [0.2, 0.25) is 0 Å². The Morgan fingerprint density at radius 2 is 1.47 bits per heavy atom. The topological polar surface area (TPSA) is 0 Å². The number of unbranched alkanes of at least 4 members (excludes halogenated alkanes) is 5. The van der Waals surface area contributed by atoms with E-state index in [1.165, 1.54) is 38.5 Å². The van der Waals surface area contributed by atoms with E-state index in [0.29, 0.717) is 0 Å². The average molecular weight is 206 g/mol. The highest BCUT2D eigenvalue weighted by molar-refractivity contribution is 4.92. The van der Waals surface area contributed by atoms with Gasteiger partial charge in [0.2, 0.25) is 0 Å². The molecular weight excluding hydrogens is 180 g/mol. The van der Waals surface area contributed by atoms with Crippen LogP contribution in [0.1, 0.15) is 58.3 Å². The highest BCUT2D eigenvalue weighted by Crippen LogP contribution is 2.01. The Morgan fingerprint density at radius 3 is 2.07 bits per heavy atom. The van der Waals surface area contributed by atoms with E-state index in [4.69, 9.17) is 0 Å². The second-order valence-corrected chi connectivity index (χ2v) is 3.89. The van der Waals surface area contributed by atoms with Gasteiger partial charge in [0.15, 0.2) is 0 Å². The highest BCUT2D eigenvalue weighted by Gasteiger charge is 1.81. The van der Waals surface area contributed by atoms with Crippen LogP contribution in [-0.2, 0) is 0 Å². The molecule has 0 atom stereocenters. The predicted octanol–water partition coefficient (Wildman–Crippen LogP) is 5.43. The van der Waals surface area contributed by atoms with Crippen LogP contribution >= 0.6 is 0 Å². The van der Waals surface area contributed by atoms with Gasteiger partial charge in [-0.2, -0.15) is 0 Å². The minimum absolute atomic E-state index is 1.10. The Kier molecular flexibility index (Phi) is 12.5. The van der Waals surface area contributed by atoms with E-state index in [2.05, 4.69) is 37.8 Å². The lowest BCUT2D eigenvalue weighted by Gasteiger charge is -1.91. The molecule has 0 saturated carbocycles. The van der Waals surface area contributed by atoms with Crippen LogP contribution in [0.4, 0.5) is 0 Å². The van der Waals surface area contributed by atoms with Gasteiger partial charge in [-0.25, -0.2) is 0 Å². The first kappa shape index (κ1) is 14.2. The normalized spacial score (nSPS) is 11.5. The van der Waals surface area contributed by atoms with Crippen molar-refractivity contribution in [1.82, 2.24) is 0 Å². The molecular formula is C15H26. The Bertz CT molecular complexity index is 174. The van der Waals surface area contributed by atoms with Crippen LogP contribution in [0.25, 0.3) is 0 Å². The van der Waals surface area contributed by atoms with Gasteiger partial charge in [0, 0.05) is 0 Å². The molecule has 0 unspecified atom stereocenters. The maximum Gasteiger partial charge on any atom is -0.0169 e. The van der Waals surface area contributed by atoms with Gasteiger partial charge in [-0.15, -0.1) is 6.58 Å². The molecule has 0 radical (unpaired) electrons. The third-order valence-electron chi connectivity index (χ3n) is 2.36. The van der Waals surface area contributed by atoms with Crippen molar-refractivity contribution >= 4 is 0 Å². The molecule has 0 aliphatic heterocycles. The van der Waals surface area contributed by atoms with Crippen LogP contribution in [0, 0.1) is 0 Å². The molecule has 0 rings (SSSR count). The minimum Gasteiger partial charge on any atom is -0.103 e. The number of rotatable bonds is 10. The lowest BCUT2D eigenvalue weighted by Crippen LogP contribution is -1.71. The first-order valence-electron chi connectivity index (χ1n) is 6.32. The molecule has 0 aliphatic carbocycles. The molecule has 0 heteroatoms. The summed E-state index contributed by atoms with van der Waals surface area (Å²) in [6.45, 7) is 5.95. The molecule has 0 fully saturated rings. The van der Waals surface area contributed by atoms with Gasteiger partial charge in [0.05, 0.1) is 0 Å². The molecule has 0 spiro atoms. The molecule has 15 heavy (non-hydrogen) atoms. The summed E-state index contributed by atoms with van der Waals surface area (Å²) in [6.07, 6.45) is 21.0. The van der Waals surface area contributed by atoms with Gasteiger partial charge in [-0.05, 0) is 38.5 Å². The largest absolute Gasteiger partial charge is 0.103 e. The van der Waals surface area contributed by atoms with Crippen molar-refractivity contribution in [3.05, 3.63) is 37.0 Å². The molecule has 0 bridgehead atoms. The molecule has 0 aromatic heterocycles. The first-order valence-corrected chi connectivity index (χ1v) is 6.32. The predicted molar refractivity (Wildman–Crippen MR) is 71.1 cm³/mol. The first-order chi connectivity index (χ1) is 7.41. The molecule has 0 nitrogen and oxygen atoms in total. The summed E-state index contributed by atoms with van der Waals surface area (Å²) >= 11 is 0. The summed E-state index contributed by atoms with van der Waals surface area (Å²) in [5, 5.41) is 0. The number of hydrogen-bond donors (Lipinski definition) is 0. The maximum atomic E-state index is 3.71. The summed E-state index contributed by atoms with van der Waals surface area (Å²) in [6, 6.07) is 0. The molecule has 0 aromatic carbocycles. The molecule has 0 heterocycles. The Hall–Kier alpha value is -0.780. The van der Waals surface area contributed by atoms with E-state index >= 15 is 0 Å². The lowest BCUT2D eigenvalue weighted by molar-refractivity contribution is 0.728. The molecule has 0 saturated heterocycles. The van der Waals surface area contributed by atoms with Crippen molar-refractivity contribution in [2.75, 3.05) is 0 Å². The van der Waals surface area contributed by atoms with Crippen molar-refractivity contribution in [2.24, 2.45) is 0 Å². The fourth-order valence-electron chi connectivity index (χ4n) is 1.40. The van der Waals surface area contributed by atoms with Gasteiger partial charge < -0.3 is 0 Å². The second kappa shape index (κ2) is 13.2. The fourth-order valence-corrected chi connectivity index (χ4v) is 1.40. The summed E-state index contributed by atoms with van der Waals surface area (Å²) in [7, 11) is 0. The Balaban J connectivity index is 3.17. The van der Waals surface area contributed by atoms with Gasteiger partial charge in [-0.3, -0.25) is 0 Å². The van der Waals surface area contributed by atoms with E-state index in [0.717, 1.165) is 12.8 Å². The Labute approximate surface area is 95.8 Å². The zero-order chi connectivity index (χ0) is 11.2. The lowest BCUT2D eigenvalue weighted by atomic mass is 10.2. The van der Waals surface area contributed by atoms with E-state index in [1.807, 2.05) is 6.08 Å². The van der Waals surface area contributed by atoms with Gasteiger partial charge in [0.1, 0.15) is 0 Å². The van der Waals surface area contributed by atoms with Crippen LogP contribution < -0.4 is 0 Å². The third kappa shape index (κ3) is 13.2. The standard InChI is InChI=1S/C15H26/c1-3-5-7-9-11-13-15-14-12-10-8-6-4-2/h3,11-14H,1,4-10,15H2,2H3. The van der Waals surface area contributed by atoms with Crippen molar-refractivity contribution in [1.29, 1.82) is 0 Å². The number of allylic oxidation sites excluding steroid dienone is 5. The minimum atomic E-state index is 1.10.